The minimum Gasteiger partial charge on any atom is -0.379 e. The highest BCUT2D eigenvalue weighted by Crippen LogP contribution is 2.12. The molecule has 1 unspecified atom stereocenters. The van der Waals surface area contributed by atoms with E-state index < -0.39 is 0 Å². The average Bonchev–Trinajstić information content (AvgIpc) is 3.00. The van der Waals surface area contributed by atoms with Crippen molar-refractivity contribution in [3.05, 3.63) is 0 Å². The number of nitrogens with one attached hydrogen (secondary N) is 2. The van der Waals surface area contributed by atoms with Crippen molar-refractivity contribution in [1.82, 2.24) is 15.5 Å². The van der Waals surface area contributed by atoms with Gasteiger partial charge in [0, 0.05) is 39.4 Å². The van der Waals surface area contributed by atoms with Crippen LogP contribution in [-0.4, -0.2) is 76.1 Å². The Morgan fingerprint density at radius 1 is 1.15 bits per heavy atom. The van der Waals surface area contributed by atoms with E-state index in [-0.39, 0.29) is 24.0 Å². The molecular weight excluding hydrogens is 443 g/mol. The Morgan fingerprint density at radius 3 is 2.65 bits per heavy atom. The lowest BCUT2D eigenvalue weighted by Gasteiger charge is -2.20. The number of ether oxygens (including phenoxy) is 2. The second-order valence-corrected chi connectivity index (χ2v) is 7.01. The molecule has 2 aliphatic heterocycles. The van der Waals surface area contributed by atoms with Crippen molar-refractivity contribution in [1.29, 1.82) is 0 Å². The van der Waals surface area contributed by atoms with Gasteiger partial charge in [-0.05, 0) is 52.1 Å². The summed E-state index contributed by atoms with van der Waals surface area (Å²) in [5.74, 6) is 0.927. The van der Waals surface area contributed by atoms with E-state index in [1.807, 2.05) is 0 Å². The number of nitrogens with zero attached hydrogens (tertiary/aromatic N) is 2. The van der Waals surface area contributed by atoms with Crippen LogP contribution in [0.25, 0.3) is 0 Å². The summed E-state index contributed by atoms with van der Waals surface area (Å²) in [7, 11) is 0. The maximum Gasteiger partial charge on any atom is 0.191 e. The second kappa shape index (κ2) is 15.9. The van der Waals surface area contributed by atoms with Crippen molar-refractivity contribution < 1.29 is 9.47 Å². The normalized spacial score (nSPS) is 21.9. The van der Waals surface area contributed by atoms with Gasteiger partial charge in [-0.3, -0.25) is 4.99 Å². The minimum absolute atomic E-state index is 0. The monoisotopic (exact) mass is 482 g/mol. The highest BCUT2D eigenvalue weighted by Gasteiger charge is 2.14. The quantitative estimate of drug-likeness (QED) is 0.217. The summed E-state index contributed by atoms with van der Waals surface area (Å²) in [6.07, 6.45) is 9.07. The van der Waals surface area contributed by atoms with Crippen molar-refractivity contribution in [2.75, 3.05) is 59.1 Å². The van der Waals surface area contributed by atoms with Gasteiger partial charge in [-0.15, -0.1) is 24.0 Å². The molecule has 2 N–H and O–H groups in total. The van der Waals surface area contributed by atoms with Gasteiger partial charge in [0.15, 0.2) is 5.96 Å². The molecule has 0 aromatic heterocycles. The third-order valence-corrected chi connectivity index (χ3v) is 4.81. The summed E-state index contributed by atoms with van der Waals surface area (Å²) < 4.78 is 11.2. The van der Waals surface area contributed by atoms with Gasteiger partial charge >= 0.3 is 0 Å². The Kier molecular flexibility index (Phi) is 14.6. The first-order chi connectivity index (χ1) is 12.4. The molecule has 0 saturated carbocycles. The van der Waals surface area contributed by atoms with Crippen LogP contribution < -0.4 is 10.6 Å². The number of guanidine groups is 1. The Morgan fingerprint density at radius 2 is 1.96 bits per heavy atom. The third kappa shape index (κ3) is 10.9. The summed E-state index contributed by atoms with van der Waals surface area (Å²) >= 11 is 0. The zero-order chi connectivity index (χ0) is 17.6. The van der Waals surface area contributed by atoms with Crippen LogP contribution in [0.15, 0.2) is 4.99 Å². The average molecular weight is 482 g/mol. The molecule has 26 heavy (non-hydrogen) atoms. The summed E-state index contributed by atoms with van der Waals surface area (Å²) in [4.78, 5) is 7.22. The summed E-state index contributed by atoms with van der Waals surface area (Å²) in [6, 6.07) is 0. The van der Waals surface area contributed by atoms with Crippen LogP contribution in [0.5, 0.6) is 0 Å². The van der Waals surface area contributed by atoms with E-state index in [1.165, 1.54) is 45.2 Å². The molecule has 154 valence electrons. The summed E-state index contributed by atoms with van der Waals surface area (Å²) in [5, 5.41) is 6.79. The van der Waals surface area contributed by atoms with Gasteiger partial charge in [-0.2, -0.15) is 0 Å². The van der Waals surface area contributed by atoms with Crippen LogP contribution in [0.3, 0.4) is 0 Å². The molecule has 7 heteroatoms. The second-order valence-electron chi connectivity index (χ2n) is 7.01. The molecule has 1 atom stereocenters. The van der Waals surface area contributed by atoms with Crippen LogP contribution in [0, 0.1) is 0 Å². The maximum atomic E-state index is 5.69. The summed E-state index contributed by atoms with van der Waals surface area (Å²) in [6.45, 7) is 10.7. The van der Waals surface area contributed by atoms with Gasteiger partial charge in [0.1, 0.15) is 0 Å². The number of hydrogen-bond donors (Lipinski definition) is 2. The van der Waals surface area contributed by atoms with Gasteiger partial charge in [0.05, 0.1) is 12.7 Å². The van der Waals surface area contributed by atoms with E-state index in [0.29, 0.717) is 6.10 Å². The molecule has 0 radical (unpaired) electrons. The van der Waals surface area contributed by atoms with E-state index in [2.05, 4.69) is 27.4 Å². The Hall–Kier alpha value is -0.120. The predicted octanol–water partition coefficient (Wildman–Crippen LogP) is 2.62. The van der Waals surface area contributed by atoms with E-state index in [9.17, 15) is 0 Å². The first-order valence-electron chi connectivity index (χ1n) is 10.3. The molecular formula is C19H39IN4O2. The van der Waals surface area contributed by atoms with E-state index in [1.54, 1.807) is 0 Å². The molecule has 2 heterocycles. The number of hydrogen-bond acceptors (Lipinski definition) is 4. The topological polar surface area (TPSA) is 58.1 Å². The van der Waals surface area contributed by atoms with Crippen molar-refractivity contribution in [3.8, 4) is 0 Å². The molecule has 0 spiro atoms. The van der Waals surface area contributed by atoms with Gasteiger partial charge in [-0.1, -0.05) is 12.8 Å². The van der Waals surface area contributed by atoms with Crippen molar-refractivity contribution in [2.45, 2.75) is 58.0 Å². The smallest absolute Gasteiger partial charge is 0.191 e. The van der Waals surface area contributed by atoms with E-state index >= 15 is 0 Å². The van der Waals surface area contributed by atoms with Crippen molar-refractivity contribution >= 4 is 29.9 Å². The largest absolute Gasteiger partial charge is 0.379 e. The molecule has 2 saturated heterocycles. The van der Waals surface area contributed by atoms with Crippen LogP contribution in [0.2, 0.25) is 0 Å². The lowest BCUT2D eigenvalue weighted by atomic mass is 10.2. The Balaban J connectivity index is 0.00000338. The van der Waals surface area contributed by atoms with Gasteiger partial charge < -0.3 is 25.0 Å². The lowest BCUT2D eigenvalue weighted by Crippen LogP contribution is -2.42. The number of rotatable bonds is 10. The lowest BCUT2D eigenvalue weighted by molar-refractivity contribution is 0.0171. The first kappa shape index (κ1) is 23.9. The van der Waals surface area contributed by atoms with Crippen LogP contribution in [-0.2, 0) is 9.47 Å². The number of aliphatic imine (C=N–C) groups is 1. The SMILES string of the molecule is CCNC(=NCCCOCC1CCCO1)NCCN1CCCCCC1.I. The van der Waals surface area contributed by atoms with E-state index in [4.69, 9.17) is 9.47 Å². The molecule has 0 aromatic rings. The predicted molar refractivity (Wildman–Crippen MR) is 119 cm³/mol. The molecule has 2 rings (SSSR count). The molecule has 0 aromatic carbocycles. The Bertz CT molecular complexity index is 357. The first-order valence-corrected chi connectivity index (χ1v) is 10.3. The van der Waals surface area contributed by atoms with Crippen molar-refractivity contribution in [2.24, 2.45) is 4.99 Å². The van der Waals surface area contributed by atoms with Crippen LogP contribution >= 0.6 is 24.0 Å². The minimum atomic E-state index is 0. The molecule has 0 amide bonds. The molecule has 2 fully saturated rings. The standard InChI is InChI=1S/C19H38N4O2.HI/c1-2-20-19(22-11-14-23-12-5-3-4-6-13-23)21-10-8-15-24-17-18-9-7-16-25-18;/h18H,2-17H2,1H3,(H2,20,21,22);1H. The zero-order valence-electron chi connectivity index (χ0n) is 16.5. The van der Waals surface area contributed by atoms with Gasteiger partial charge in [-0.25, -0.2) is 0 Å². The zero-order valence-corrected chi connectivity index (χ0v) is 18.8. The molecule has 0 aliphatic carbocycles. The van der Waals surface area contributed by atoms with Gasteiger partial charge in [0.2, 0.25) is 0 Å². The highest BCUT2D eigenvalue weighted by molar-refractivity contribution is 14.0. The fraction of sp³-hybridized carbons (Fsp3) is 0.947. The summed E-state index contributed by atoms with van der Waals surface area (Å²) in [5.41, 5.74) is 0. The fourth-order valence-electron chi connectivity index (χ4n) is 3.38. The maximum absolute atomic E-state index is 5.69. The molecule has 0 bridgehead atoms. The highest BCUT2D eigenvalue weighted by atomic mass is 127. The van der Waals surface area contributed by atoms with E-state index in [0.717, 1.165) is 64.8 Å². The fourth-order valence-corrected chi connectivity index (χ4v) is 3.38. The number of halogens is 1. The molecule has 2 aliphatic rings. The molecule has 6 nitrogen and oxygen atoms in total. The number of likely N-dealkylation sites (tertiary alicyclic amines) is 1. The van der Waals surface area contributed by atoms with Crippen LogP contribution in [0.4, 0.5) is 0 Å². The van der Waals surface area contributed by atoms with Gasteiger partial charge in [0.25, 0.3) is 0 Å². The third-order valence-electron chi connectivity index (χ3n) is 4.81. The van der Waals surface area contributed by atoms with Crippen molar-refractivity contribution in [3.63, 3.8) is 0 Å². The van der Waals surface area contributed by atoms with Crippen LogP contribution in [0.1, 0.15) is 51.9 Å². The Labute approximate surface area is 176 Å².